The summed E-state index contributed by atoms with van der Waals surface area (Å²) in [7, 11) is 0. The second-order valence-corrected chi connectivity index (χ2v) is 5.33. The molecule has 3 N–H and O–H groups in total. The Morgan fingerprint density at radius 2 is 1.94 bits per heavy atom. The molecule has 0 aromatic carbocycles. The van der Waals surface area contributed by atoms with Crippen LogP contribution in [0.4, 0.5) is 0 Å². The highest BCUT2D eigenvalue weighted by molar-refractivity contribution is 5.75. The van der Waals surface area contributed by atoms with Crippen molar-refractivity contribution in [3.8, 4) is 0 Å². The highest BCUT2D eigenvalue weighted by Crippen LogP contribution is 2.34. The fourth-order valence-electron chi connectivity index (χ4n) is 3.06. The van der Waals surface area contributed by atoms with Crippen molar-refractivity contribution in [2.24, 2.45) is 5.73 Å². The molecular formula is C14H29N3O. The molecule has 0 radical (unpaired) electrons. The first-order chi connectivity index (χ1) is 8.68. The third kappa shape index (κ3) is 3.95. The van der Waals surface area contributed by atoms with Gasteiger partial charge in [0.2, 0.25) is 5.91 Å². The number of hydrogen-bond donors (Lipinski definition) is 2. The Bertz CT molecular complexity index is 249. The van der Waals surface area contributed by atoms with Gasteiger partial charge in [0.05, 0.1) is 0 Å². The van der Waals surface area contributed by atoms with Gasteiger partial charge in [0.15, 0.2) is 0 Å². The summed E-state index contributed by atoms with van der Waals surface area (Å²) in [5.41, 5.74) is 6.19. The Balaban J connectivity index is 2.55. The maximum absolute atomic E-state index is 11.6. The molecule has 0 atom stereocenters. The summed E-state index contributed by atoms with van der Waals surface area (Å²) in [5.74, 6) is 0.156. The second kappa shape index (κ2) is 7.74. The Morgan fingerprint density at radius 1 is 1.28 bits per heavy atom. The SMILES string of the molecule is CCCN(CCC(=O)NCC)C1(CN)CCCC1. The minimum absolute atomic E-state index is 0.156. The van der Waals surface area contributed by atoms with Crippen molar-refractivity contribution in [2.45, 2.75) is 57.9 Å². The standard InChI is InChI=1S/C14H29N3O/c1-3-10-17(11-7-13(18)16-4-2)14(12-15)8-5-6-9-14/h3-12,15H2,1-2H3,(H,16,18). The van der Waals surface area contributed by atoms with Crippen LogP contribution in [0.25, 0.3) is 0 Å². The van der Waals surface area contributed by atoms with Gasteiger partial charge in [-0.05, 0) is 32.7 Å². The van der Waals surface area contributed by atoms with Gasteiger partial charge in [0.1, 0.15) is 0 Å². The molecule has 1 saturated carbocycles. The maximum atomic E-state index is 11.6. The number of amides is 1. The predicted octanol–water partition coefficient (Wildman–Crippen LogP) is 1.50. The van der Waals surface area contributed by atoms with Gasteiger partial charge in [-0.3, -0.25) is 9.69 Å². The average Bonchev–Trinajstić information content (AvgIpc) is 2.84. The van der Waals surface area contributed by atoms with Crippen LogP contribution >= 0.6 is 0 Å². The first kappa shape index (κ1) is 15.4. The Kier molecular flexibility index (Phi) is 6.65. The summed E-state index contributed by atoms with van der Waals surface area (Å²) in [6, 6.07) is 0. The molecule has 0 saturated heterocycles. The average molecular weight is 255 g/mol. The number of nitrogens with one attached hydrogen (secondary N) is 1. The van der Waals surface area contributed by atoms with Gasteiger partial charge >= 0.3 is 0 Å². The zero-order chi connectivity index (χ0) is 13.4. The van der Waals surface area contributed by atoms with Gasteiger partial charge in [-0.15, -0.1) is 0 Å². The highest BCUT2D eigenvalue weighted by atomic mass is 16.1. The summed E-state index contributed by atoms with van der Waals surface area (Å²) in [4.78, 5) is 14.1. The molecule has 1 amide bonds. The summed E-state index contributed by atoms with van der Waals surface area (Å²) in [6.07, 6.45) is 6.65. The molecule has 0 heterocycles. The lowest BCUT2D eigenvalue weighted by Gasteiger charge is -2.40. The van der Waals surface area contributed by atoms with Crippen molar-refractivity contribution >= 4 is 5.91 Å². The largest absolute Gasteiger partial charge is 0.356 e. The minimum atomic E-state index is 0.156. The predicted molar refractivity (Wildman–Crippen MR) is 75.4 cm³/mol. The van der Waals surface area contributed by atoms with E-state index < -0.39 is 0 Å². The normalized spacial score (nSPS) is 18.2. The maximum Gasteiger partial charge on any atom is 0.221 e. The third-order valence-electron chi connectivity index (χ3n) is 4.06. The molecule has 1 fully saturated rings. The Hall–Kier alpha value is -0.610. The molecule has 0 aromatic rings. The number of rotatable bonds is 8. The van der Waals surface area contributed by atoms with Crippen LogP contribution in [0.15, 0.2) is 0 Å². The van der Waals surface area contributed by atoms with Gasteiger partial charge in [0.25, 0.3) is 0 Å². The van der Waals surface area contributed by atoms with Crippen molar-refractivity contribution in [2.75, 3.05) is 26.2 Å². The van der Waals surface area contributed by atoms with Crippen LogP contribution < -0.4 is 11.1 Å². The van der Waals surface area contributed by atoms with E-state index in [2.05, 4.69) is 17.1 Å². The van der Waals surface area contributed by atoms with E-state index >= 15 is 0 Å². The quantitative estimate of drug-likeness (QED) is 0.691. The number of carbonyl (C=O) groups excluding carboxylic acids is 1. The first-order valence-electron chi connectivity index (χ1n) is 7.40. The van der Waals surface area contributed by atoms with E-state index in [1.54, 1.807) is 0 Å². The lowest BCUT2D eigenvalue weighted by atomic mass is 9.94. The smallest absolute Gasteiger partial charge is 0.221 e. The summed E-state index contributed by atoms with van der Waals surface area (Å²) in [5, 5.41) is 2.87. The Labute approximate surface area is 111 Å². The van der Waals surface area contributed by atoms with E-state index in [9.17, 15) is 4.79 Å². The molecule has 0 unspecified atom stereocenters. The van der Waals surface area contributed by atoms with Gasteiger partial charge < -0.3 is 11.1 Å². The molecule has 1 rings (SSSR count). The van der Waals surface area contributed by atoms with Gasteiger partial charge in [-0.2, -0.15) is 0 Å². The molecule has 106 valence electrons. The van der Waals surface area contributed by atoms with Crippen molar-refractivity contribution in [1.29, 1.82) is 0 Å². The van der Waals surface area contributed by atoms with Crippen molar-refractivity contribution in [3.63, 3.8) is 0 Å². The van der Waals surface area contributed by atoms with Crippen LogP contribution in [0, 0.1) is 0 Å². The van der Waals surface area contributed by atoms with Crippen LogP contribution in [-0.4, -0.2) is 42.5 Å². The number of nitrogens with two attached hydrogens (primary N) is 1. The van der Waals surface area contributed by atoms with Crippen molar-refractivity contribution in [3.05, 3.63) is 0 Å². The first-order valence-corrected chi connectivity index (χ1v) is 7.40. The van der Waals surface area contributed by atoms with E-state index in [-0.39, 0.29) is 11.4 Å². The van der Waals surface area contributed by atoms with Crippen LogP contribution in [0.2, 0.25) is 0 Å². The third-order valence-corrected chi connectivity index (χ3v) is 4.06. The fourth-order valence-corrected chi connectivity index (χ4v) is 3.06. The minimum Gasteiger partial charge on any atom is -0.356 e. The van der Waals surface area contributed by atoms with E-state index in [0.29, 0.717) is 13.0 Å². The molecule has 18 heavy (non-hydrogen) atoms. The zero-order valence-electron chi connectivity index (χ0n) is 12.0. The molecule has 0 aromatic heterocycles. The van der Waals surface area contributed by atoms with E-state index in [1.807, 2.05) is 6.92 Å². The number of nitrogens with zero attached hydrogens (tertiary/aromatic N) is 1. The van der Waals surface area contributed by atoms with E-state index in [1.165, 1.54) is 25.7 Å². The van der Waals surface area contributed by atoms with Gasteiger partial charge in [-0.25, -0.2) is 0 Å². The summed E-state index contributed by atoms with van der Waals surface area (Å²) in [6.45, 7) is 7.49. The molecule has 4 nitrogen and oxygen atoms in total. The molecule has 1 aliphatic rings. The number of carbonyl (C=O) groups is 1. The fraction of sp³-hybridized carbons (Fsp3) is 0.929. The number of hydrogen-bond acceptors (Lipinski definition) is 3. The monoisotopic (exact) mass is 255 g/mol. The van der Waals surface area contributed by atoms with Crippen LogP contribution in [0.1, 0.15) is 52.4 Å². The Morgan fingerprint density at radius 3 is 2.44 bits per heavy atom. The summed E-state index contributed by atoms with van der Waals surface area (Å²) >= 11 is 0. The van der Waals surface area contributed by atoms with Crippen molar-refractivity contribution < 1.29 is 4.79 Å². The lowest BCUT2D eigenvalue weighted by Crippen LogP contribution is -2.53. The molecule has 0 bridgehead atoms. The van der Waals surface area contributed by atoms with E-state index in [0.717, 1.165) is 26.1 Å². The second-order valence-electron chi connectivity index (χ2n) is 5.33. The van der Waals surface area contributed by atoms with Crippen molar-refractivity contribution in [1.82, 2.24) is 10.2 Å². The molecule has 4 heteroatoms. The molecule has 0 spiro atoms. The molecular weight excluding hydrogens is 226 g/mol. The van der Waals surface area contributed by atoms with Crippen LogP contribution in [-0.2, 0) is 4.79 Å². The summed E-state index contributed by atoms with van der Waals surface area (Å²) < 4.78 is 0. The van der Waals surface area contributed by atoms with Crippen LogP contribution in [0.3, 0.4) is 0 Å². The molecule has 0 aliphatic heterocycles. The zero-order valence-corrected chi connectivity index (χ0v) is 12.0. The lowest BCUT2D eigenvalue weighted by molar-refractivity contribution is -0.121. The van der Waals surface area contributed by atoms with Gasteiger partial charge in [0, 0.05) is 31.6 Å². The topological polar surface area (TPSA) is 58.4 Å². The highest BCUT2D eigenvalue weighted by Gasteiger charge is 2.37. The van der Waals surface area contributed by atoms with Gasteiger partial charge in [-0.1, -0.05) is 19.8 Å². The van der Waals surface area contributed by atoms with Crippen LogP contribution in [0.5, 0.6) is 0 Å². The van der Waals surface area contributed by atoms with E-state index in [4.69, 9.17) is 5.73 Å². The molecule has 1 aliphatic carbocycles.